The van der Waals surface area contributed by atoms with E-state index in [9.17, 15) is 4.79 Å². The third-order valence-electron chi connectivity index (χ3n) is 6.13. The lowest BCUT2D eigenvalue weighted by Crippen LogP contribution is -2.50. The highest BCUT2D eigenvalue weighted by Gasteiger charge is 2.23. The Morgan fingerprint density at radius 3 is 2.32 bits per heavy atom. The van der Waals surface area contributed by atoms with Gasteiger partial charge in [0.15, 0.2) is 12.4 Å². The lowest BCUT2D eigenvalue weighted by Gasteiger charge is -2.35. The van der Waals surface area contributed by atoms with E-state index in [-0.39, 0.29) is 12.5 Å². The fourth-order valence-electron chi connectivity index (χ4n) is 4.07. The number of hydrogen-bond donors (Lipinski definition) is 0. The van der Waals surface area contributed by atoms with Gasteiger partial charge in [-0.1, -0.05) is 26.0 Å². The first-order chi connectivity index (χ1) is 16.4. The molecule has 7 heteroatoms. The van der Waals surface area contributed by atoms with Gasteiger partial charge in [0, 0.05) is 31.7 Å². The highest BCUT2D eigenvalue weighted by molar-refractivity contribution is 5.78. The summed E-state index contributed by atoms with van der Waals surface area (Å²) in [5.41, 5.74) is 4.05. The summed E-state index contributed by atoms with van der Waals surface area (Å²) in [6, 6.07) is 17.9. The van der Waals surface area contributed by atoms with Crippen molar-refractivity contribution in [1.82, 2.24) is 15.1 Å². The zero-order chi connectivity index (χ0) is 24.1. The van der Waals surface area contributed by atoms with Crippen molar-refractivity contribution in [3.05, 3.63) is 65.7 Å². The van der Waals surface area contributed by atoms with Gasteiger partial charge in [-0.3, -0.25) is 4.79 Å². The third-order valence-corrected chi connectivity index (χ3v) is 6.13. The molecule has 3 aromatic rings. The van der Waals surface area contributed by atoms with Crippen LogP contribution in [0.3, 0.4) is 0 Å². The molecule has 178 valence electrons. The van der Waals surface area contributed by atoms with Crippen molar-refractivity contribution in [3.8, 4) is 22.8 Å². The number of amides is 1. The molecule has 4 rings (SSSR count). The molecular formula is C27H32N4O3. The number of rotatable bonds is 7. The van der Waals surface area contributed by atoms with Crippen LogP contribution >= 0.6 is 0 Å². The van der Waals surface area contributed by atoms with Crippen LogP contribution in [0.5, 0.6) is 11.5 Å². The molecule has 0 N–H and O–H groups in total. The van der Waals surface area contributed by atoms with Crippen molar-refractivity contribution in [1.29, 1.82) is 0 Å². The number of anilines is 1. The molecule has 1 amide bonds. The van der Waals surface area contributed by atoms with Gasteiger partial charge in [-0.25, -0.2) is 0 Å². The largest absolute Gasteiger partial charge is 0.497 e. The smallest absolute Gasteiger partial charge is 0.260 e. The van der Waals surface area contributed by atoms with Gasteiger partial charge in [0.25, 0.3) is 5.91 Å². The van der Waals surface area contributed by atoms with E-state index in [1.54, 1.807) is 7.11 Å². The molecule has 0 saturated carbocycles. The maximum Gasteiger partial charge on any atom is 0.260 e. The van der Waals surface area contributed by atoms with Crippen LogP contribution in [0.4, 0.5) is 5.82 Å². The van der Waals surface area contributed by atoms with Gasteiger partial charge in [0.1, 0.15) is 11.5 Å². The topological polar surface area (TPSA) is 67.8 Å². The average molecular weight is 461 g/mol. The van der Waals surface area contributed by atoms with Crippen LogP contribution in [-0.2, 0) is 4.79 Å². The molecule has 1 fully saturated rings. The van der Waals surface area contributed by atoms with Crippen molar-refractivity contribution in [2.24, 2.45) is 0 Å². The first-order valence-corrected chi connectivity index (χ1v) is 11.7. The quantitative estimate of drug-likeness (QED) is 0.523. The molecule has 0 aliphatic carbocycles. The fraction of sp³-hybridized carbons (Fsp3) is 0.370. The summed E-state index contributed by atoms with van der Waals surface area (Å²) >= 11 is 0. The lowest BCUT2D eigenvalue weighted by molar-refractivity contribution is -0.133. The van der Waals surface area contributed by atoms with E-state index in [0.717, 1.165) is 39.7 Å². The van der Waals surface area contributed by atoms with Crippen LogP contribution in [0, 0.1) is 6.92 Å². The molecule has 34 heavy (non-hydrogen) atoms. The van der Waals surface area contributed by atoms with E-state index in [0.29, 0.717) is 32.1 Å². The van der Waals surface area contributed by atoms with E-state index < -0.39 is 0 Å². The van der Waals surface area contributed by atoms with E-state index in [4.69, 9.17) is 9.47 Å². The monoisotopic (exact) mass is 460 g/mol. The first kappa shape index (κ1) is 23.5. The summed E-state index contributed by atoms with van der Waals surface area (Å²) in [6.07, 6.45) is 0. The van der Waals surface area contributed by atoms with Crippen molar-refractivity contribution in [2.45, 2.75) is 26.7 Å². The number of ether oxygens (including phenoxy) is 2. The van der Waals surface area contributed by atoms with E-state index in [2.05, 4.69) is 41.1 Å². The van der Waals surface area contributed by atoms with Crippen LogP contribution in [-0.4, -0.2) is 60.9 Å². The molecule has 2 aromatic carbocycles. The van der Waals surface area contributed by atoms with Crippen LogP contribution in [0.15, 0.2) is 54.6 Å². The third kappa shape index (κ3) is 5.47. The van der Waals surface area contributed by atoms with Crippen molar-refractivity contribution < 1.29 is 14.3 Å². The van der Waals surface area contributed by atoms with E-state index in [1.165, 1.54) is 0 Å². The standard InChI is InChI=1S/C27H32N4O3/c1-19(2)23-10-5-20(3)17-25(23)34-18-27(32)31-15-13-30(14-16-31)26-12-11-24(28-29-26)21-6-8-22(33-4)9-7-21/h5-12,17,19H,13-16,18H2,1-4H3. The SMILES string of the molecule is COc1ccc(-c2ccc(N3CCN(C(=O)COc4cc(C)ccc4C(C)C)CC3)nn2)cc1. The summed E-state index contributed by atoms with van der Waals surface area (Å²) in [6.45, 7) is 9.04. The molecule has 0 radical (unpaired) electrons. The lowest BCUT2D eigenvalue weighted by atomic mass is 10.0. The van der Waals surface area contributed by atoms with Gasteiger partial charge < -0.3 is 19.3 Å². The normalized spacial score (nSPS) is 13.8. The molecule has 2 heterocycles. The maximum atomic E-state index is 12.8. The van der Waals surface area contributed by atoms with Crippen LogP contribution in [0.1, 0.15) is 30.9 Å². The van der Waals surface area contributed by atoms with E-state index >= 15 is 0 Å². The van der Waals surface area contributed by atoms with Gasteiger partial charge in [-0.05, 0) is 66.4 Å². The van der Waals surface area contributed by atoms with Gasteiger partial charge >= 0.3 is 0 Å². The maximum absolute atomic E-state index is 12.8. The number of aryl methyl sites for hydroxylation is 1. The Kier molecular flexibility index (Phi) is 7.30. The Labute approximate surface area is 201 Å². The summed E-state index contributed by atoms with van der Waals surface area (Å²) in [4.78, 5) is 16.8. The second kappa shape index (κ2) is 10.5. The summed E-state index contributed by atoms with van der Waals surface area (Å²) < 4.78 is 11.1. The Morgan fingerprint density at radius 2 is 1.71 bits per heavy atom. The van der Waals surface area contributed by atoms with Gasteiger partial charge in [-0.2, -0.15) is 0 Å². The Hall–Kier alpha value is -3.61. The van der Waals surface area contributed by atoms with Crippen LogP contribution < -0.4 is 14.4 Å². The Balaban J connectivity index is 1.31. The minimum atomic E-state index is 0.0109. The number of carbonyl (C=O) groups is 1. The number of benzene rings is 2. The highest BCUT2D eigenvalue weighted by Crippen LogP contribution is 2.27. The number of methoxy groups -OCH3 is 1. The van der Waals surface area contributed by atoms with Crippen LogP contribution in [0.2, 0.25) is 0 Å². The Morgan fingerprint density at radius 1 is 0.971 bits per heavy atom. The molecule has 1 aromatic heterocycles. The molecule has 1 aliphatic rings. The minimum Gasteiger partial charge on any atom is -0.497 e. The predicted molar refractivity (Wildman–Crippen MR) is 134 cm³/mol. The molecule has 1 aliphatic heterocycles. The second-order valence-electron chi connectivity index (χ2n) is 8.86. The fourth-order valence-corrected chi connectivity index (χ4v) is 4.07. The van der Waals surface area contributed by atoms with Crippen molar-refractivity contribution >= 4 is 11.7 Å². The summed E-state index contributed by atoms with van der Waals surface area (Å²) in [7, 11) is 1.65. The number of aromatic nitrogens is 2. The number of hydrogen-bond acceptors (Lipinski definition) is 6. The van der Waals surface area contributed by atoms with Crippen molar-refractivity contribution in [3.63, 3.8) is 0 Å². The average Bonchev–Trinajstić information content (AvgIpc) is 2.87. The summed E-state index contributed by atoms with van der Waals surface area (Å²) in [5, 5.41) is 8.81. The molecule has 0 unspecified atom stereocenters. The molecular weight excluding hydrogens is 428 g/mol. The van der Waals surface area contributed by atoms with Gasteiger partial charge in [0.2, 0.25) is 0 Å². The number of nitrogens with zero attached hydrogens (tertiary/aromatic N) is 4. The predicted octanol–water partition coefficient (Wildman–Crippen LogP) is 4.31. The molecule has 7 nitrogen and oxygen atoms in total. The van der Waals surface area contributed by atoms with Crippen LogP contribution in [0.25, 0.3) is 11.3 Å². The van der Waals surface area contributed by atoms with Gasteiger partial charge in [0.05, 0.1) is 12.8 Å². The highest BCUT2D eigenvalue weighted by atomic mass is 16.5. The number of carbonyl (C=O) groups excluding carboxylic acids is 1. The molecule has 0 spiro atoms. The molecule has 0 bridgehead atoms. The van der Waals surface area contributed by atoms with E-state index in [1.807, 2.05) is 54.3 Å². The van der Waals surface area contributed by atoms with Gasteiger partial charge in [-0.15, -0.1) is 10.2 Å². The molecule has 0 atom stereocenters. The Bertz CT molecular complexity index is 1110. The first-order valence-electron chi connectivity index (χ1n) is 11.7. The zero-order valence-electron chi connectivity index (χ0n) is 20.3. The second-order valence-corrected chi connectivity index (χ2v) is 8.86. The summed E-state index contributed by atoms with van der Waals surface area (Å²) in [5.74, 6) is 2.78. The van der Waals surface area contributed by atoms with Crippen molar-refractivity contribution in [2.75, 3.05) is 44.8 Å². The number of piperazine rings is 1. The minimum absolute atomic E-state index is 0.0109. The molecule has 1 saturated heterocycles. The zero-order valence-corrected chi connectivity index (χ0v) is 20.3.